The van der Waals surface area contributed by atoms with Crippen LogP contribution in [0.3, 0.4) is 0 Å². The molecule has 0 fully saturated rings. The Morgan fingerprint density at radius 2 is 2.07 bits per heavy atom. The fraction of sp³-hybridized carbons (Fsp3) is 0. The van der Waals surface area contributed by atoms with Crippen molar-refractivity contribution in [2.24, 2.45) is 0 Å². The van der Waals surface area contributed by atoms with Crippen molar-refractivity contribution in [2.75, 3.05) is 4.72 Å². The minimum Gasteiger partial charge on any atom is -0.755 e. The summed E-state index contributed by atoms with van der Waals surface area (Å²) in [5.41, 5.74) is -0.0946. The molecule has 0 spiro atoms. The summed E-state index contributed by atoms with van der Waals surface area (Å²) in [7, 11) is 0. The molecule has 1 N–H and O–H groups in total. The molecule has 0 aliphatic rings. The van der Waals surface area contributed by atoms with Gasteiger partial charge < -0.3 is 9.27 Å². The fourth-order valence-corrected chi connectivity index (χ4v) is 1.43. The zero-order chi connectivity index (χ0) is 10.7. The summed E-state index contributed by atoms with van der Waals surface area (Å²) in [5.74, 6) is 0. The minimum absolute atomic E-state index is 0. The number of nitro groups is 1. The number of non-ortho nitro benzene ring substituents is 1. The molecule has 77 valence electrons. The van der Waals surface area contributed by atoms with E-state index in [1.165, 1.54) is 6.07 Å². The molecule has 0 aromatic heterocycles. The molecule has 0 heterocycles. The van der Waals surface area contributed by atoms with Crippen LogP contribution in [0.1, 0.15) is 0 Å². The van der Waals surface area contributed by atoms with Gasteiger partial charge in [-0.2, -0.15) is 0 Å². The van der Waals surface area contributed by atoms with E-state index in [-0.39, 0.29) is 46.0 Å². The van der Waals surface area contributed by atoms with Gasteiger partial charge >= 0.3 is 0 Å². The Labute approximate surface area is 115 Å². The molecule has 1 atom stereocenters. The largest absolute Gasteiger partial charge is 0.755 e. The summed E-state index contributed by atoms with van der Waals surface area (Å²) in [5, 5.41) is 10.3. The van der Waals surface area contributed by atoms with Crippen LogP contribution in [0, 0.1) is 10.1 Å². The third-order valence-corrected chi connectivity index (χ3v) is 2.06. The van der Waals surface area contributed by atoms with E-state index in [4.69, 9.17) is 11.6 Å². The predicted octanol–water partition coefficient (Wildman–Crippen LogP) is 1.07. The molecule has 1 radical (unpaired) electrons. The standard InChI is InChI=1S/C6H5ClN2O4S.Na/c7-5-3-4(9(10)11)1-2-6(5)8-14(12)13;/h1-3,8H,(H,12,13);/p-1. The van der Waals surface area contributed by atoms with Gasteiger partial charge in [0.2, 0.25) is 0 Å². The Hall–Kier alpha value is -0.180. The molecule has 15 heavy (non-hydrogen) atoms. The third-order valence-electron chi connectivity index (χ3n) is 1.36. The molecule has 1 unspecified atom stereocenters. The quantitative estimate of drug-likeness (QED) is 0.380. The van der Waals surface area contributed by atoms with E-state index < -0.39 is 16.2 Å². The van der Waals surface area contributed by atoms with Crippen molar-refractivity contribution in [1.29, 1.82) is 0 Å². The smallest absolute Gasteiger partial charge is 0.271 e. The summed E-state index contributed by atoms with van der Waals surface area (Å²) >= 11 is 3.08. The van der Waals surface area contributed by atoms with E-state index in [1.54, 1.807) is 0 Å². The van der Waals surface area contributed by atoms with Crippen molar-refractivity contribution in [3.63, 3.8) is 0 Å². The third kappa shape index (κ3) is 4.45. The maximum Gasteiger partial charge on any atom is 0.271 e. The second-order valence-corrected chi connectivity index (χ2v) is 3.34. The SMILES string of the molecule is O=[N+]([O-])c1ccc(NS(=O)[O-])c(Cl)c1.[Na]. The van der Waals surface area contributed by atoms with Crippen molar-refractivity contribution in [2.45, 2.75) is 0 Å². The molecule has 0 aliphatic heterocycles. The van der Waals surface area contributed by atoms with Gasteiger partial charge in [-0.15, -0.1) is 0 Å². The molecular weight excluding hydrogens is 255 g/mol. The Balaban J connectivity index is 0.00000196. The van der Waals surface area contributed by atoms with Gasteiger partial charge in [-0.05, 0) is 6.07 Å². The van der Waals surface area contributed by atoms with Gasteiger partial charge in [-0.25, -0.2) is 0 Å². The Morgan fingerprint density at radius 3 is 2.47 bits per heavy atom. The molecule has 6 nitrogen and oxygen atoms in total. The van der Waals surface area contributed by atoms with Crippen LogP contribution >= 0.6 is 11.6 Å². The summed E-state index contributed by atoms with van der Waals surface area (Å²) in [4.78, 5) is 9.67. The number of benzene rings is 1. The van der Waals surface area contributed by atoms with E-state index in [2.05, 4.69) is 0 Å². The Bertz CT molecular complexity index is 403. The second kappa shape index (κ2) is 6.41. The number of nitrogens with zero attached hydrogens (tertiary/aromatic N) is 1. The first-order valence-corrected chi connectivity index (χ1v) is 4.76. The van der Waals surface area contributed by atoms with E-state index in [1.807, 2.05) is 4.72 Å². The molecule has 9 heteroatoms. The van der Waals surface area contributed by atoms with Gasteiger partial charge in [-0.1, -0.05) is 11.6 Å². The van der Waals surface area contributed by atoms with Gasteiger partial charge in [0.05, 0.1) is 15.6 Å². The second-order valence-electron chi connectivity index (χ2n) is 2.26. The number of nitrogens with one attached hydrogen (secondary N) is 1. The molecule has 1 rings (SSSR count). The Kier molecular flexibility index (Phi) is 6.34. The van der Waals surface area contributed by atoms with Crippen molar-refractivity contribution in [3.05, 3.63) is 33.3 Å². The van der Waals surface area contributed by atoms with Crippen LogP contribution in [0.4, 0.5) is 11.4 Å². The van der Waals surface area contributed by atoms with Crippen molar-refractivity contribution < 1.29 is 13.7 Å². The van der Waals surface area contributed by atoms with Crippen LogP contribution < -0.4 is 4.72 Å². The number of rotatable bonds is 3. The molecule has 0 amide bonds. The molecule has 0 bridgehead atoms. The van der Waals surface area contributed by atoms with Crippen LogP contribution in [0.2, 0.25) is 5.02 Å². The van der Waals surface area contributed by atoms with Crippen LogP contribution in [0.5, 0.6) is 0 Å². The Morgan fingerprint density at radius 1 is 1.47 bits per heavy atom. The van der Waals surface area contributed by atoms with Gasteiger partial charge in [0, 0.05) is 53.0 Å². The summed E-state index contributed by atoms with van der Waals surface area (Å²) in [6.45, 7) is 0. The number of anilines is 1. The molecule has 0 aliphatic carbocycles. The maximum atomic E-state index is 10.3. The number of hydrogen-bond donors (Lipinski definition) is 1. The molecule has 0 saturated heterocycles. The van der Waals surface area contributed by atoms with E-state index in [9.17, 15) is 18.9 Å². The van der Waals surface area contributed by atoms with Crippen molar-refractivity contribution >= 4 is 63.8 Å². The maximum absolute atomic E-state index is 10.3. The first-order chi connectivity index (χ1) is 6.50. The summed E-state index contributed by atoms with van der Waals surface area (Å²) < 4.78 is 22.5. The van der Waals surface area contributed by atoms with Crippen molar-refractivity contribution in [3.8, 4) is 0 Å². The zero-order valence-corrected chi connectivity index (χ0v) is 11.2. The number of halogens is 1. The molecule has 1 aromatic carbocycles. The first-order valence-electron chi connectivity index (χ1n) is 3.30. The minimum atomic E-state index is -2.50. The van der Waals surface area contributed by atoms with Crippen LogP contribution in [-0.2, 0) is 11.3 Å². The fourth-order valence-electron chi connectivity index (χ4n) is 0.790. The zero-order valence-electron chi connectivity index (χ0n) is 7.60. The van der Waals surface area contributed by atoms with Gasteiger partial charge in [0.25, 0.3) is 5.69 Å². The van der Waals surface area contributed by atoms with Gasteiger partial charge in [0.1, 0.15) is 0 Å². The molecular formula is C6H4ClN2NaO4S-. The first kappa shape index (κ1) is 14.8. The van der Waals surface area contributed by atoms with E-state index >= 15 is 0 Å². The van der Waals surface area contributed by atoms with Crippen LogP contribution in [0.25, 0.3) is 0 Å². The monoisotopic (exact) mass is 258 g/mol. The predicted molar refractivity (Wildman–Crippen MR) is 56.4 cm³/mol. The summed E-state index contributed by atoms with van der Waals surface area (Å²) in [6.07, 6.45) is 0. The topological polar surface area (TPSA) is 95.3 Å². The number of nitro benzene ring substituents is 1. The van der Waals surface area contributed by atoms with E-state index in [0.29, 0.717) is 0 Å². The van der Waals surface area contributed by atoms with Gasteiger partial charge in [-0.3, -0.25) is 14.3 Å². The van der Waals surface area contributed by atoms with Gasteiger partial charge in [0.15, 0.2) is 0 Å². The molecule has 1 aromatic rings. The number of hydrogen-bond acceptors (Lipinski definition) is 4. The van der Waals surface area contributed by atoms with E-state index in [0.717, 1.165) is 12.1 Å². The van der Waals surface area contributed by atoms with Crippen molar-refractivity contribution in [1.82, 2.24) is 0 Å². The molecule has 0 saturated carbocycles. The van der Waals surface area contributed by atoms with Crippen LogP contribution in [-0.4, -0.2) is 43.2 Å². The normalized spacial score (nSPS) is 11.3. The average molecular weight is 259 g/mol. The van der Waals surface area contributed by atoms with Crippen LogP contribution in [0.15, 0.2) is 18.2 Å². The summed E-state index contributed by atoms with van der Waals surface area (Å²) in [6, 6.07) is 3.44. The average Bonchev–Trinajstić information content (AvgIpc) is 2.07.